The van der Waals surface area contributed by atoms with Crippen LogP contribution in [-0.2, 0) is 14.4 Å². The van der Waals surface area contributed by atoms with Crippen LogP contribution < -0.4 is 11.1 Å². The minimum absolute atomic E-state index is 0.112. The summed E-state index contributed by atoms with van der Waals surface area (Å²) in [6.45, 7) is 0. The van der Waals surface area contributed by atoms with Crippen LogP contribution in [0.1, 0.15) is 38.5 Å². The van der Waals surface area contributed by atoms with Crippen molar-refractivity contribution < 1.29 is 19.5 Å². The number of carbonyl (C=O) groups is 3. The summed E-state index contributed by atoms with van der Waals surface area (Å²) in [5.74, 6) is -2.33. The van der Waals surface area contributed by atoms with Gasteiger partial charge < -0.3 is 16.2 Å². The molecule has 0 aliphatic heterocycles. The van der Waals surface area contributed by atoms with E-state index >= 15 is 0 Å². The molecule has 17 heavy (non-hydrogen) atoms. The fourth-order valence-corrected chi connectivity index (χ4v) is 2.05. The van der Waals surface area contributed by atoms with Gasteiger partial charge in [-0.05, 0) is 12.8 Å². The van der Waals surface area contributed by atoms with Crippen LogP contribution in [0.25, 0.3) is 0 Å². The number of carboxylic acids is 1. The third kappa shape index (κ3) is 4.42. The van der Waals surface area contributed by atoms with Gasteiger partial charge in [-0.15, -0.1) is 0 Å². The summed E-state index contributed by atoms with van der Waals surface area (Å²) < 4.78 is 0. The van der Waals surface area contributed by atoms with E-state index in [4.69, 9.17) is 10.8 Å². The van der Waals surface area contributed by atoms with Crippen LogP contribution in [0.3, 0.4) is 0 Å². The lowest BCUT2D eigenvalue weighted by Gasteiger charge is -2.23. The Labute approximate surface area is 99.6 Å². The zero-order valence-electron chi connectivity index (χ0n) is 9.65. The number of hydrogen-bond donors (Lipinski definition) is 3. The van der Waals surface area contributed by atoms with Crippen molar-refractivity contribution in [2.24, 2.45) is 11.7 Å². The van der Waals surface area contributed by atoms with Crippen molar-refractivity contribution in [1.82, 2.24) is 5.32 Å². The van der Waals surface area contributed by atoms with Gasteiger partial charge in [-0.2, -0.15) is 0 Å². The van der Waals surface area contributed by atoms with E-state index in [1.807, 2.05) is 0 Å². The largest absolute Gasteiger partial charge is 0.481 e. The van der Waals surface area contributed by atoms with Crippen molar-refractivity contribution in [1.29, 1.82) is 0 Å². The molecular formula is C11H18N2O4. The Bertz CT molecular complexity index is 311. The van der Waals surface area contributed by atoms with Crippen LogP contribution in [0, 0.1) is 5.92 Å². The number of nitrogens with one attached hydrogen (secondary N) is 1. The van der Waals surface area contributed by atoms with Gasteiger partial charge in [0.2, 0.25) is 11.8 Å². The molecule has 4 N–H and O–H groups in total. The Morgan fingerprint density at radius 2 is 1.82 bits per heavy atom. The summed E-state index contributed by atoms with van der Waals surface area (Å²) in [5, 5.41) is 11.0. The number of rotatable bonds is 5. The van der Waals surface area contributed by atoms with Crippen molar-refractivity contribution in [2.75, 3.05) is 0 Å². The average Bonchev–Trinajstić information content (AvgIpc) is 2.28. The molecule has 0 bridgehead atoms. The lowest BCUT2D eigenvalue weighted by molar-refractivity contribution is -0.140. The first-order valence-electron chi connectivity index (χ1n) is 5.82. The van der Waals surface area contributed by atoms with Gasteiger partial charge in [0.15, 0.2) is 0 Å². The molecule has 6 heteroatoms. The van der Waals surface area contributed by atoms with E-state index in [-0.39, 0.29) is 11.8 Å². The first-order valence-corrected chi connectivity index (χ1v) is 5.82. The van der Waals surface area contributed by atoms with Gasteiger partial charge in [0.25, 0.3) is 0 Å². The highest BCUT2D eigenvalue weighted by Gasteiger charge is 2.26. The van der Waals surface area contributed by atoms with E-state index in [9.17, 15) is 14.4 Å². The third-order valence-electron chi connectivity index (χ3n) is 3.01. The van der Waals surface area contributed by atoms with Gasteiger partial charge in [0.1, 0.15) is 6.04 Å². The topological polar surface area (TPSA) is 109 Å². The van der Waals surface area contributed by atoms with Gasteiger partial charge in [-0.3, -0.25) is 14.4 Å². The fourth-order valence-electron chi connectivity index (χ4n) is 2.05. The number of carboxylic acid groups (broad SMARTS) is 1. The summed E-state index contributed by atoms with van der Waals surface area (Å²) in [6.07, 6.45) is 4.25. The zero-order chi connectivity index (χ0) is 12.8. The number of hydrogen-bond acceptors (Lipinski definition) is 3. The quantitative estimate of drug-likeness (QED) is 0.630. The van der Waals surface area contributed by atoms with Crippen molar-refractivity contribution in [3.63, 3.8) is 0 Å². The molecule has 1 atom stereocenters. The Kier molecular flexibility index (Phi) is 4.93. The Morgan fingerprint density at radius 1 is 1.24 bits per heavy atom. The maximum Gasteiger partial charge on any atom is 0.305 e. The first-order chi connectivity index (χ1) is 8.00. The van der Waals surface area contributed by atoms with Gasteiger partial charge >= 0.3 is 5.97 Å². The molecule has 0 radical (unpaired) electrons. The molecule has 0 spiro atoms. The minimum Gasteiger partial charge on any atom is -0.481 e. The SMILES string of the molecule is NC(=O)[C@H](CC(=O)O)NC(=O)C1CCCCC1. The van der Waals surface area contributed by atoms with E-state index in [0.717, 1.165) is 32.1 Å². The predicted octanol–water partition coefficient (Wildman–Crippen LogP) is 0.0115. The Hall–Kier alpha value is -1.59. The summed E-state index contributed by atoms with van der Waals surface area (Å²) in [7, 11) is 0. The number of carbonyl (C=O) groups excluding carboxylic acids is 2. The van der Waals surface area contributed by atoms with Crippen molar-refractivity contribution >= 4 is 17.8 Å². The van der Waals surface area contributed by atoms with Crippen molar-refractivity contribution in [3.8, 4) is 0 Å². The highest BCUT2D eigenvalue weighted by Crippen LogP contribution is 2.23. The molecule has 1 aliphatic rings. The maximum atomic E-state index is 11.8. The molecule has 0 aromatic rings. The maximum absolute atomic E-state index is 11.8. The second-order valence-corrected chi connectivity index (χ2v) is 4.40. The second kappa shape index (κ2) is 6.22. The molecular weight excluding hydrogens is 224 g/mol. The fraction of sp³-hybridized carbons (Fsp3) is 0.727. The monoisotopic (exact) mass is 242 g/mol. The van der Waals surface area contributed by atoms with Gasteiger partial charge in [-0.1, -0.05) is 19.3 Å². The molecule has 1 rings (SSSR count). The standard InChI is InChI=1S/C11H18N2O4/c12-10(16)8(6-9(14)15)13-11(17)7-4-2-1-3-5-7/h7-8H,1-6H2,(H2,12,16)(H,13,17)(H,14,15)/t8-/m0/s1. The number of nitrogens with two attached hydrogens (primary N) is 1. The number of primary amides is 1. The lowest BCUT2D eigenvalue weighted by Crippen LogP contribution is -2.47. The molecule has 96 valence electrons. The van der Waals surface area contributed by atoms with Crippen LogP contribution in [-0.4, -0.2) is 28.9 Å². The van der Waals surface area contributed by atoms with E-state index < -0.39 is 24.3 Å². The lowest BCUT2D eigenvalue weighted by atomic mass is 9.88. The summed E-state index contributed by atoms with van der Waals surface area (Å²) >= 11 is 0. The Balaban J connectivity index is 2.50. The molecule has 0 heterocycles. The van der Waals surface area contributed by atoms with Crippen LogP contribution in [0.4, 0.5) is 0 Å². The molecule has 2 amide bonds. The van der Waals surface area contributed by atoms with Crippen LogP contribution >= 0.6 is 0 Å². The van der Waals surface area contributed by atoms with Gasteiger partial charge in [0, 0.05) is 5.92 Å². The number of aliphatic carboxylic acids is 1. The summed E-state index contributed by atoms with van der Waals surface area (Å²) in [5.41, 5.74) is 5.05. The van der Waals surface area contributed by atoms with Gasteiger partial charge in [0.05, 0.1) is 6.42 Å². The normalized spacial score (nSPS) is 18.4. The first kappa shape index (κ1) is 13.5. The van der Waals surface area contributed by atoms with E-state index in [0.29, 0.717) is 0 Å². The zero-order valence-corrected chi connectivity index (χ0v) is 9.65. The highest BCUT2D eigenvalue weighted by molar-refractivity contribution is 5.90. The molecule has 0 saturated heterocycles. The molecule has 6 nitrogen and oxygen atoms in total. The smallest absolute Gasteiger partial charge is 0.305 e. The van der Waals surface area contributed by atoms with Crippen LogP contribution in [0.2, 0.25) is 0 Å². The van der Waals surface area contributed by atoms with E-state index in [2.05, 4.69) is 5.32 Å². The van der Waals surface area contributed by atoms with Crippen LogP contribution in [0.5, 0.6) is 0 Å². The van der Waals surface area contributed by atoms with E-state index in [1.165, 1.54) is 0 Å². The van der Waals surface area contributed by atoms with Crippen LogP contribution in [0.15, 0.2) is 0 Å². The van der Waals surface area contributed by atoms with Crippen molar-refractivity contribution in [3.05, 3.63) is 0 Å². The predicted molar refractivity (Wildman–Crippen MR) is 60.0 cm³/mol. The molecule has 0 aromatic carbocycles. The summed E-state index contributed by atoms with van der Waals surface area (Å²) in [4.78, 5) is 33.3. The number of amides is 2. The minimum atomic E-state index is -1.15. The highest BCUT2D eigenvalue weighted by atomic mass is 16.4. The molecule has 1 saturated carbocycles. The second-order valence-electron chi connectivity index (χ2n) is 4.40. The molecule has 0 aromatic heterocycles. The molecule has 1 aliphatic carbocycles. The molecule has 1 fully saturated rings. The average molecular weight is 242 g/mol. The molecule has 0 unspecified atom stereocenters. The van der Waals surface area contributed by atoms with E-state index in [1.54, 1.807) is 0 Å². The summed E-state index contributed by atoms with van der Waals surface area (Å²) in [6, 6.07) is -1.11. The van der Waals surface area contributed by atoms with Crippen molar-refractivity contribution in [2.45, 2.75) is 44.6 Å². The third-order valence-corrected chi connectivity index (χ3v) is 3.01. The Morgan fingerprint density at radius 3 is 2.29 bits per heavy atom. The van der Waals surface area contributed by atoms with Gasteiger partial charge in [-0.25, -0.2) is 0 Å².